The van der Waals surface area contributed by atoms with Crippen molar-refractivity contribution in [1.29, 1.82) is 0 Å². The first-order valence-corrected chi connectivity index (χ1v) is 9.52. The molecule has 0 nitrogen and oxygen atoms in total. The highest BCUT2D eigenvalue weighted by atomic mass is 14.2. The van der Waals surface area contributed by atoms with Gasteiger partial charge in [-0.25, -0.2) is 5.47 Å². The Hall–Kier alpha value is -2.80. The van der Waals surface area contributed by atoms with Crippen molar-refractivity contribution in [2.45, 2.75) is 13.3 Å². The summed E-state index contributed by atoms with van der Waals surface area (Å²) in [6.45, 7) is 2.36. The summed E-state index contributed by atoms with van der Waals surface area (Å²) in [6.07, 6.45) is 6.81. The molecule has 4 rings (SSSR count). The van der Waals surface area contributed by atoms with E-state index in [-0.39, 0.29) is 0 Å². The van der Waals surface area contributed by atoms with Gasteiger partial charge in [0.25, 0.3) is 0 Å². The van der Waals surface area contributed by atoms with Crippen molar-refractivity contribution in [3.05, 3.63) is 115 Å². The summed E-state index contributed by atoms with van der Waals surface area (Å²) in [5.41, 5.74) is 5.69. The Morgan fingerprint density at radius 2 is 1.08 bits per heavy atom. The van der Waals surface area contributed by atoms with Crippen LogP contribution in [0, 0.1) is 5.92 Å². The summed E-state index contributed by atoms with van der Waals surface area (Å²) < 4.78 is 0. The second-order valence-electron chi connectivity index (χ2n) is 7.33. The van der Waals surface area contributed by atoms with Gasteiger partial charge < -0.3 is 0 Å². The van der Waals surface area contributed by atoms with Crippen LogP contribution in [0.15, 0.2) is 115 Å². The van der Waals surface area contributed by atoms with E-state index in [4.69, 9.17) is 0 Å². The van der Waals surface area contributed by atoms with Crippen molar-refractivity contribution in [3.8, 4) is 0 Å². The van der Waals surface area contributed by atoms with Crippen molar-refractivity contribution in [2.24, 2.45) is 5.92 Å². The van der Waals surface area contributed by atoms with Gasteiger partial charge in [0, 0.05) is 0 Å². The van der Waals surface area contributed by atoms with Crippen LogP contribution in [0.25, 0.3) is 0 Å². The SMILES string of the molecule is CC1CC=CC=C1[B-](c1ccccc1)(c1ccccc1)c1ccccc1. The molecule has 128 valence electrons. The molecule has 0 amide bonds. The molecule has 1 aliphatic rings. The molecule has 0 fully saturated rings. The zero-order valence-corrected chi connectivity index (χ0v) is 15.3. The predicted molar refractivity (Wildman–Crippen MR) is 115 cm³/mol. The Labute approximate surface area is 156 Å². The van der Waals surface area contributed by atoms with Gasteiger partial charge in [0.15, 0.2) is 0 Å². The molecular formula is C25H24B-. The molecule has 0 aromatic heterocycles. The highest BCUT2D eigenvalue weighted by Gasteiger charge is 2.35. The van der Waals surface area contributed by atoms with Crippen molar-refractivity contribution < 1.29 is 0 Å². The first-order chi connectivity index (χ1) is 12.8. The summed E-state index contributed by atoms with van der Waals surface area (Å²) in [6, 6.07) is 33.1. The van der Waals surface area contributed by atoms with Gasteiger partial charge in [0.2, 0.25) is 0 Å². The van der Waals surface area contributed by atoms with Gasteiger partial charge in [-0.05, 0) is 6.42 Å². The van der Waals surface area contributed by atoms with Gasteiger partial charge >= 0.3 is 0 Å². The van der Waals surface area contributed by atoms with E-state index in [9.17, 15) is 0 Å². The standard InChI is InChI=1S/C25H24B/c1-21-13-11-12-20-25(21)26(22-14-5-2-6-15-22,23-16-7-3-8-17-23)24-18-9-4-10-19-24/h2-12,14-21H,13H2,1H3/q-1. The topological polar surface area (TPSA) is 0 Å². The van der Waals surface area contributed by atoms with Gasteiger partial charge in [-0.2, -0.15) is 16.4 Å². The second-order valence-corrected chi connectivity index (χ2v) is 7.33. The Kier molecular flexibility index (Phi) is 4.62. The minimum atomic E-state index is -1.17. The van der Waals surface area contributed by atoms with Crippen molar-refractivity contribution in [1.82, 2.24) is 0 Å². The van der Waals surface area contributed by atoms with Crippen LogP contribution in [-0.4, -0.2) is 6.15 Å². The third-order valence-corrected chi connectivity index (χ3v) is 5.88. The normalized spacial score (nSPS) is 17.0. The van der Waals surface area contributed by atoms with E-state index >= 15 is 0 Å². The summed E-state index contributed by atoms with van der Waals surface area (Å²) in [5, 5.41) is 0. The molecule has 0 bridgehead atoms. The van der Waals surface area contributed by atoms with Crippen molar-refractivity contribution in [3.63, 3.8) is 0 Å². The van der Waals surface area contributed by atoms with Crippen molar-refractivity contribution in [2.75, 3.05) is 0 Å². The number of allylic oxidation sites excluding steroid dienone is 4. The van der Waals surface area contributed by atoms with Gasteiger partial charge in [-0.15, -0.1) is 6.08 Å². The largest absolute Gasteiger partial charge is 0.214 e. The first-order valence-electron chi connectivity index (χ1n) is 9.52. The van der Waals surface area contributed by atoms with Crippen LogP contribution < -0.4 is 16.4 Å². The molecular weight excluding hydrogens is 311 g/mol. The lowest BCUT2D eigenvalue weighted by molar-refractivity contribution is 0.716. The zero-order valence-electron chi connectivity index (χ0n) is 15.3. The van der Waals surface area contributed by atoms with Crippen LogP contribution in [-0.2, 0) is 0 Å². The summed E-state index contributed by atoms with van der Waals surface area (Å²) >= 11 is 0. The third-order valence-electron chi connectivity index (χ3n) is 5.88. The fourth-order valence-electron chi connectivity index (χ4n) is 4.71. The maximum absolute atomic E-state index is 2.36. The molecule has 3 aromatic carbocycles. The van der Waals surface area contributed by atoms with Crippen LogP contribution in [0.2, 0.25) is 0 Å². The highest BCUT2D eigenvalue weighted by molar-refractivity contribution is 7.16. The van der Waals surface area contributed by atoms with Crippen LogP contribution in [0.1, 0.15) is 13.3 Å². The molecule has 1 atom stereocenters. The van der Waals surface area contributed by atoms with E-state index in [1.165, 1.54) is 21.9 Å². The van der Waals surface area contributed by atoms with Crippen LogP contribution in [0.4, 0.5) is 0 Å². The smallest absolute Gasteiger partial charge is 0.104 e. The summed E-state index contributed by atoms with van der Waals surface area (Å²) in [7, 11) is 0. The molecule has 0 N–H and O–H groups in total. The molecule has 26 heavy (non-hydrogen) atoms. The molecule has 3 aromatic rings. The Balaban J connectivity index is 2.11. The summed E-state index contributed by atoms with van der Waals surface area (Å²) in [5.74, 6) is 0.514. The van der Waals surface area contributed by atoms with Gasteiger partial charge in [-0.3, -0.25) is 0 Å². The maximum atomic E-state index is 2.36. The zero-order chi connectivity index (χ0) is 17.8. The molecule has 0 heterocycles. The van der Waals surface area contributed by atoms with E-state index in [0.29, 0.717) is 5.92 Å². The highest BCUT2D eigenvalue weighted by Crippen LogP contribution is 2.29. The quantitative estimate of drug-likeness (QED) is 0.626. The van der Waals surface area contributed by atoms with E-state index in [0.717, 1.165) is 6.42 Å². The van der Waals surface area contributed by atoms with Gasteiger partial charge in [0.05, 0.1) is 0 Å². The lowest BCUT2D eigenvalue weighted by Gasteiger charge is -2.49. The first kappa shape index (κ1) is 16.7. The average Bonchev–Trinajstić information content (AvgIpc) is 2.72. The number of benzene rings is 3. The average molecular weight is 335 g/mol. The molecule has 0 radical (unpaired) electrons. The minimum Gasteiger partial charge on any atom is -0.214 e. The molecule has 0 spiro atoms. The molecule has 1 unspecified atom stereocenters. The summed E-state index contributed by atoms with van der Waals surface area (Å²) in [4.78, 5) is 0. The van der Waals surface area contributed by atoms with Crippen LogP contribution >= 0.6 is 0 Å². The number of rotatable bonds is 4. The van der Waals surface area contributed by atoms with Crippen LogP contribution in [0.3, 0.4) is 0 Å². The predicted octanol–water partition coefficient (Wildman–Crippen LogP) is 4.22. The van der Waals surface area contributed by atoms with Crippen molar-refractivity contribution >= 4 is 22.5 Å². The van der Waals surface area contributed by atoms with E-state index in [1.54, 1.807) is 0 Å². The molecule has 1 aliphatic carbocycles. The molecule has 0 saturated heterocycles. The molecule has 1 heteroatoms. The lowest BCUT2D eigenvalue weighted by atomic mass is 9.11. The van der Waals surface area contributed by atoms with Gasteiger partial charge in [0.1, 0.15) is 6.15 Å². The molecule has 0 aliphatic heterocycles. The fourth-order valence-corrected chi connectivity index (χ4v) is 4.71. The van der Waals surface area contributed by atoms with Crippen LogP contribution in [0.5, 0.6) is 0 Å². The Morgan fingerprint density at radius 1 is 0.654 bits per heavy atom. The third kappa shape index (κ3) is 2.74. The Bertz CT molecular complexity index is 811. The lowest BCUT2D eigenvalue weighted by Crippen LogP contribution is -2.69. The van der Waals surface area contributed by atoms with Gasteiger partial charge in [-0.1, -0.05) is 116 Å². The second kappa shape index (κ2) is 7.21. The van der Waals surface area contributed by atoms with E-state index in [1.807, 2.05) is 0 Å². The molecule has 0 saturated carbocycles. The minimum absolute atomic E-state index is 0.514. The maximum Gasteiger partial charge on any atom is 0.104 e. The Morgan fingerprint density at radius 3 is 1.46 bits per heavy atom. The van der Waals surface area contributed by atoms with E-state index in [2.05, 4.69) is 116 Å². The monoisotopic (exact) mass is 335 g/mol. The number of hydrogen-bond donors (Lipinski definition) is 0. The fraction of sp³-hybridized carbons (Fsp3) is 0.120. The van der Waals surface area contributed by atoms with E-state index < -0.39 is 6.15 Å². The number of hydrogen-bond acceptors (Lipinski definition) is 0.